The van der Waals surface area contributed by atoms with Crippen LogP contribution >= 0.6 is 0 Å². The molecule has 0 N–H and O–H groups in total. The number of carbonyl (C=O) groups excluding carboxylic acids is 1. The van der Waals surface area contributed by atoms with E-state index in [9.17, 15) is 15.3 Å². The van der Waals surface area contributed by atoms with Crippen molar-refractivity contribution in [2.45, 2.75) is 19.3 Å². The Balaban J connectivity index is 2.18. The second-order valence-corrected chi connectivity index (χ2v) is 6.35. The summed E-state index contributed by atoms with van der Waals surface area (Å²) in [7, 11) is 0. The van der Waals surface area contributed by atoms with Gasteiger partial charge in [-0.2, -0.15) is 10.5 Å². The molecule has 0 fully saturated rings. The van der Waals surface area contributed by atoms with Gasteiger partial charge in [0, 0.05) is 23.8 Å². The third-order valence-electron chi connectivity index (χ3n) is 4.68. The average Bonchev–Trinajstić information content (AvgIpc) is 2.68. The molecule has 0 unspecified atom stereocenters. The lowest BCUT2D eigenvalue weighted by molar-refractivity contribution is -0.117. The van der Waals surface area contributed by atoms with E-state index in [1.165, 1.54) is 0 Å². The van der Waals surface area contributed by atoms with Gasteiger partial charge in [-0.3, -0.25) is 0 Å². The largest absolute Gasteiger partial charge is 0.492 e. The van der Waals surface area contributed by atoms with Crippen LogP contribution in [0.5, 0.6) is 5.75 Å². The van der Waals surface area contributed by atoms with Crippen molar-refractivity contribution in [2.24, 2.45) is 5.92 Å². The van der Waals surface area contributed by atoms with Crippen LogP contribution in [0.1, 0.15) is 30.4 Å². The van der Waals surface area contributed by atoms with Gasteiger partial charge in [-0.15, -0.1) is 0 Å². The Morgan fingerprint density at radius 2 is 1.77 bits per heavy atom. The maximum absolute atomic E-state index is 11.9. The lowest BCUT2D eigenvalue weighted by Gasteiger charge is -2.34. The number of nitrogens with zero attached hydrogens (tertiary/aromatic N) is 2. The first-order valence-corrected chi connectivity index (χ1v) is 8.46. The molecule has 0 spiro atoms. The van der Waals surface area contributed by atoms with Gasteiger partial charge in [0.2, 0.25) is 0 Å². The van der Waals surface area contributed by atoms with E-state index in [-0.39, 0.29) is 23.2 Å². The number of Topliss-reactive ketones (excluding diaryl/α,β-unsaturated/α-hetero) is 1. The lowest BCUT2D eigenvalue weighted by Crippen LogP contribution is -2.28. The first-order valence-electron chi connectivity index (χ1n) is 8.46. The highest BCUT2D eigenvalue weighted by Crippen LogP contribution is 2.45. The fraction of sp³-hybridized carbons (Fsp3) is 0.227. The highest BCUT2D eigenvalue weighted by atomic mass is 16.5. The van der Waals surface area contributed by atoms with E-state index in [0.29, 0.717) is 24.4 Å². The molecular weight excluding hydrogens is 324 g/mol. The summed E-state index contributed by atoms with van der Waals surface area (Å²) in [4.78, 5) is 11.9. The van der Waals surface area contributed by atoms with Gasteiger partial charge in [-0.25, -0.2) is 0 Å². The third-order valence-corrected chi connectivity index (χ3v) is 4.68. The van der Waals surface area contributed by atoms with E-state index in [1.54, 1.807) is 6.92 Å². The minimum atomic E-state index is -0.245. The van der Waals surface area contributed by atoms with Gasteiger partial charge in [0.1, 0.15) is 29.2 Å². The summed E-state index contributed by atoms with van der Waals surface area (Å²) < 4.78 is 5.93. The minimum Gasteiger partial charge on any atom is -0.492 e. The molecule has 4 heteroatoms. The second kappa shape index (κ2) is 7.68. The molecule has 128 valence electrons. The van der Waals surface area contributed by atoms with E-state index in [2.05, 4.69) is 0 Å². The molecule has 0 saturated carbocycles. The standard InChI is InChI=1S/C22H18N2O2/c1-15(25)11-19(16-7-3-2-4-8-16)20-14-26-21-10-6-5-9-18(21)22(20)17(12-23)13-24/h2-10,19-20H,11,14H2,1H3/t19-,20-/m0/s1. The lowest BCUT2D eigenvalue weighted by atomic mass is 9.74. The zero-order valence-corrected chi connectivity index (χ0v) is 14.5. The summed E-state index contributed by atoms with van der Waals surface area (Å²) in [6.07, 6.45) is 0.327. The molecule has 2 atom stereocenters. The molecule has 0 saturated heterocycles. The smallest absolute Gasteiger partial charge is 0.134 e. The Labute approximate surface area is 153 Å². The normalized spacial score (nSPS) is 16.4. The van der Waals surface area contributed by atoms with Crippen LogP contribution in [0.15, 0.2) is 60.2 Å². The average molecular weight is 342 g/mol. The number of ether oxygens (including phenoxy) is 1. The SMILES string of the molecule is CC(=O)C[C@@H](c1ccccc1)[C@@H]1COc2ccccc2C1=C(C#N)C#N. The molecule has 0 radical (unpaired) electrons. The van der Waals surface area contributed by atoms with Crippen molar-refractivity contribution >= 4 is 11.4 Å². The highest BCUT2D eigenvalue weighted by molar-refractivity contribution is 5.83. The summed E-state index contributed by atoms with van der Waals surface area (Å²) in [5.74, 6) is 0.322. The van der Waals surface area contributed by atoms with Crippen LogP contribution in [-0.4, -0.2) is 12.4 Å². The molecule has 2 aromatic carbocycles. The van der Waals surface area contributed by atoms with Crippen LogP contribution in [0.25, 0.3) is 5.57 Å². The van der Waals surface area contributed by atoms with Crippen molar-refractivity contribution in [1.82, 2.24) is 0 Å². The van der Waals surface area contributed by atoms with E-state index < -0.39 is 0 Å². The summed E-state index contributed by atoms with van der Waals surface area (Å²) in [6.45, 7) is 1.89. The molecule has 0 aromatic heterocycles. The quantitative estimate of drug-likeness (QED) is 0.778. The highest BCUT2D eigenvalue weighted by Gasteiger charge is 2.35. The fourth-order valence-corrected chi connectivity index (χ4v) is 3.56. The van der Waals surface area contributed by atoms with Crippen LogP contribution in [0.4, 0.5) is 0 Å². The first kappa shape index (κ1) is 17.5. The molecule has 1 heterocycles. The van der Waals surface area contributed by atoms with Crippen molar-refractivity contribution in [3.05, 3.63) is 71.3 Å². The maximum atomic E-state index is 11.9. The van der Waals surface area contributed by atoms with Crippen LogP contribution in [0.3, 0.4) is 0 Å². The number of hydrogen-bond acceptors (Lipinski definition) is 4. The Kier molecular flexibility index (Phi) is 5.15. The molecule has 1 aliphatic rings. The zero-order chi connectivity index (χ0) is 18.5. The summed E-state index contributed by atoms with van der Waals surface area (Å²) in [5, 5.41) is 19.0. The Bertz CT molecular complexity index is 917. The Morgan fingerprint density at radius 3 is 2.42 bits per heavy atom. The predicted molar refractivity (Wildman–Crippen MR) is 98.1 cm³/mol. The van der Waals surface area contributed by atoms with Crippen LogP contribution in [0.2, 0.25) is 0 Å². The summed E-state index contributed by atoms with van der Waals surface area (Å²) >= 11 is 0. The van der Waals surface area contributed by atoms with E-state index >= 15 is 0 Å². The molecule has 26 heavy (non-hydrogen) atoms. The number of ketones is 1. The number of hydrogen-bond donors (Lipinski definition) is 0. The second-order valence-electron chi connectivity index (χ2n) is 6.35. The number of benzene rings is 2. The van der Waals surface area contributed by atoms with E-state index in [4.69, 9.17) is 4.74 Å². The number of fused-ring (bicyclic) bond motifs is 1. The monoisotopic (exact) mass is 342 g/mol. The third kappa shape index (κ3) is 3.36. The molecule has 0 aliphatic carbocycles. The van der Waals surface area contributed by atoms with Gasteiger partial charge in [0.15, 0.2) is 0 Å². The fourth-order valence-electron chi connectivity index (χ4n) is 3.56. The number of para-hydroxylation sites is 1. The molecule has 1 aliphatic heterocycles. The van der Waals surface area contributed by atoms with Gasteiger partial charge in [0.25, 0.3) is 0 Å². The molecule has 0 bridgehead atoms. The van der Waals surface area contributed by atoms with Crippen LogP contribution in [-0.2, 0) is 4.79 Å². The Morgan fingerprint density at radius 1 is 1.12 bits per heavy atom. The number of carbonyl (C=O) groups is 1. The first-order chi connectivity index (χ1) is 12.7. The van der Waals surface area contributed by atoms with Gasteiger partial charge in [0.05, 0.1) is 6.61 Å². The predicted octanol–water partition coefficient (Wildman–Crippen LogP) is 4.26. The van der Waals surface area contributed by atoms with Crippen molar-refractivity contribution in [2.75, 3.05) is 6.61 Å². The van der Waals surface area contributed by atoms with E-state index in [0.717, 1.165) is 11.1 Å². The minimum absolute atomic E-state index is 0.0625. The van der Waals surface area contributed by atoms with Crippen LogP contribution < -0.4 is 4.74 Å². The summed E-state index contributed by atoms with van der Waals surface area (Å²) in [6, 6.07) is 21.2. The Hall–Kier alpha value is -3.37. The molecule has 3 rings (SSSR count). The summed E-state index contributed by atoms with van der Waals surface area (Å²) in [5.41, 5.74) is 2.51. The van der Waals surface area contributed by atoms with Gasteiger partial charge < -0.3 is 9.53 Å². The van der Waals surface area contributed by atoms with Gasteiger partial charge in [-0.1, -0.05) is 48.5 Å². The van der Waals surface area contributed by atoms with Crippen molar-refractivity contribution < 1.29 is 9.53 Å². The molecule has 4 nitrogen and oxygen atoms in total. The van der Waals surface area contributed by atoms with Gasteiger partial charge >= 0.3 is 0 Å². The van der Waals surface area contributed by atoms with Crippen molar-refractivity contribution in [1.29, 1.82) is 10.5 Å². The maximum Gasteiger partial charge on any atom is 0.134 e. The molecule has 2 aromatic rings. The van der Waals surface area contributed by atoms with Crippen LogP contribution in [0, 0.1) is 28.6 Å². The molecule has 0 amide bonds. The van der Waals surface area contributed by atoms with E-state index in [1.807, 2.05) is 66.7 Å². The van der Waals surface area contributed by atoms with Crippen molar-refractivity contribution in [3.8, 4) is 17.9 Å². The number of nitriles is 2. The topological polar surface area (TPSA) is 73.9 Å². The van der Waals surface area contributed by atoms with Crippen molar-refractivity contribution in [3.63, 3.8) is 0 Å². The number of rotatable bonds is 4. The molecular formula is C22H18N2O2. The number of allylic oxidation sites excluding steroid dienone is 1. The van der Waals surface area contributed by atoms with Gasteiger partial charge in [-0.05, 0) is 24.1 Å². The zero-order valence-electron chi connectivity index (χ0n) is 14.5.